The number of benzene rings is 2. The van der Waals surface area contributed by atoms with Crippen LogP contribution < -0.4 is 20.1 Å². The second-order valence-electron chi connectivity index (χ2n) is 5.85. The molecular weight excluding hydrogens is 360 g/mol. The molecule has 0 radical (unpaired) electrons. The van der Waals surface area contributed by atoms with Gasteiger partial charge in [0.2, 0.25) is 0 Å². The summed E-state index contributed by atoms with van der Waals surface area (Å²) in [5, 5.41) is 5.54. The molecule has 3 rings (SSSR count). The highest BCUT2D eigenvalue weighted by molar-refractivity contribution is 6.07. The first kappa shape index (κ1) is 19.0. The minimum absolute atomic E-state index is 0.167. The van der Waals surface area contributed by atoms with E-state index in [4.69, 9.17) is 13.9 Å². The van der Waals surface area contributed by atoms with Crippen molar-refractivity contribution < 1.29 is 23.5 Å². The lowest BCUT2D eigenvalue weighted by atomic mass is 10.1. The number of para-hydroxylation sites is 1. The molecule has 0 aliphatic rings. The third-order valence-corrected chi connectivity index (χ3v) is 4.07. The van der Waals surface area contributed by atoms with Gasteiger partial charge in [-0.15, -0.1) is 0 Å². The van der Waals surface area contributed by atoms with E-state index in [1.54, 1.807) is 62.8 Å². The molecule has 0 aliphatic heterocycles. The first-order valence-corrected chi connectivity index (χ1v) is 8.55. The lowest BCUT2D eigenvalue weighted by Crippen LogP contribution is -2.24. The van der Waals surface area contributed by atoms with E-state index in [0.29, 0.717) is 29.3 Å². The maximum Gasteiger partial charge on any atom is 0.291 e. The molecule has 0 fully saturated rings. The summed E-state index contributed by atoms with van der Waals surface area (Å²) >= 11 is 0. The average molecular weight is 380 g/mol. The first-order valence-electron chi connectivity index (χ1n) is 8.55. The average Bonchev–Trinajstić information content (AvgIpc) is 3.27. The van der Waals surface area contributed by atoms with E-state index in [-0.39, 0.29) is 11.7 Å². The van der Waals surface area contributed by atoms with Crippen LogP contribution in [0.1, 0.15) is 26.5 Å². The largest absolute Gasteiger partial charge is 0.493 e. The summed E-state index contributed by atoms with van der Waals surface area (Å²) in [5.74, 6) is 0.625. The number of carbonyl (C=O) groups excluding carboxylic acids is 2. The van der Waals surface area contributed by atoms with Crippen LogP contribution in [0, 0.1) is 0 Å². The molecule has 0 atom stereocenters. The third-order valence-electron chi connectivity index (χ3n) is 4.07. The fourth-order valence-electron chi connectivity index (χ4n) is 2.65. The van der Waals surface area contributed by atoms with Crippen molar-refractivity contribution >= 4 is 17.5 Å². The topological polar surface area (TPSA) is 89.8 Å². The van der Waals surface area contributed by atoms with Crippen molar-refractivity contribution in [2.75, 3.05) is 19.5 Å². The minimum atomic E-state index is -0.426. The van der Waals surface area contributed by atoms with E-state index < -0.39 is 5.91 Å². The second-order valence-corrected chi connectivity index (χ2v) is 5.85. The van der Waals surface area contributed by atoms with Crippen molar-refractivity contribution in [2.45, 2.75) is 6.54 Å². The van der Waals surface area contributed by atoms with Crippen LogP contribution in [-0.4, -0.2) is 26.0 Å². The summed E-state index contributed by atoms with van der Waals surface area (Å²) in [6.07, 6.45) is 1.41. The Kier molecular flexibility index (Phi) is 5.96. The highest BCUT2D eigenvalue weighted by atomic mass is 16.5. The summed E-state index contributed by atoms with van der Waals surface area (Å²) in [6.45, 7) is 0.291. The smallest absolute Gasteiger partial charge is 0.291 e. The molecule has 1 heterocycles. The number of furan rings is 1. The molecule has 0 spiro atoms. The second kappa shape index (κ2) is 8.77. The predicted molar refractivity (Wildman–Crippen MR) is 104 cm³/mol. The van der Waals surface area contributed by atoms with Gasteiger partial charge in [0.1, 0.15) is 0 Å². The number of rotatable bonds is 7. The number of amides is 2. The van der Waals surface area contributed by atoms with Gasteiger partial charge in [-0.1, -0.05) is 18.2 Å². The number of anilines is 1. The lowest BCUT2D eigenvalue weighted by Gasteiger charge is -2.12. The van der Waals surface area contributed by atoms with Crippen molar-refractivity contribution in [3.8, 4) is 11.5 Å². The molecule has 2 aromatic carbocycles. The van der Waals surface area contributed by atoms with Gasteiger partial charge in [0.05, 0.1) is 31.7 Å². The molecule has 0 bridgehead atoms. The lowest BCUT2D eigenvalue weighted by molar-refractivity contribution is 0.0951. The van der Waals surface area contributed by atoms with Crippen LogP contribution in [0.25, 0.3) is 0 Å². The van der Waals surface area contributed by atoms with Gasteiger partial charge in [-0.3, -0.25) is 9.59 Å². The SMILES string of the molecule is COc1ccc(CNC(=O)c2ccccc2NC(=O)c2ccco2)cc1OC. The van der Waals surface area contributed by atoms with Gasteiger partial charge in [0.25, 0.3) is 11.8 Å². The molecule has 2 N–H and O–H groups in total. The zero-order valence-corrected chi connectivity index (χ0v) is 15.5. The van der Waals surface area contributed by atoms with Crippen molar-refractivity contribution in [3.63, 3.8) is 0 Å². The van der Waals surface area contributed by atoms with E-state index in [2.05, 4.69) is 10.6 Å². The Morgan fingerprint density at radius 1 is 0.929 bits per heavy atom. The van der Waals surface area contributed by atoms with Gasteiger partial charge >= 0.3 is 0 Å². The van der Waals surface area contributed by atoms with E-state index in [1.165, 1.54) is 6.26 Å². The summed E-state index contributed by atoms with van der Waals surface area (Å²) in [6, 6.07) is 15.4. The van der Waals surface area contributed by atoms with E-state index >= 15 is 0 Å². The van der Waals surface area contributed by atoms with Gasteiger partial charge in [-0.2, -0.15) is 0 Å². The monoisotopic (exact) mass is 380 g/mol. The van der Waals surface area contributed by atoms with Crippen LogP contribution in [0.5, 0.6) is 11.5 Å². The fraction of sp³-hybridized carbons (Fsp3) is 0.143. The predicted octanol–water partition coefficient (Wildman–Crippen LogP) is 3.48. The number of methoxy groups -OCH3 is 2. The van der Waals surface area contributed by atoms with Gasteiger partial charge in [-0.05, 0) is 42.0 Å². The van der Waals surface area contributed by atoms with Gasteiger partial charge < -0.3 is 24.5 Å². The summed E-state index contributed by atoms with van der Waals surface area (Å²) in [4.78, 5) is 24.8. The molecule has 0 saturated carbocycles. The van der Waals surface area contributed by atoms with Crippen LogP contribution in [0.15, 0.2) is 65.3 Å². The molecular formula is C21H20N2O5. The minimum Gasteiger partial charge on any atom is -0.493 e. The molecule has 1 aromatic heterocycles. The number of carbonyl (C=O) groups is 2. The summed E-state index contributed by atoms with van der Waals surface area (Å²) < 4.78 is 15.6. The van der Waals surface area contributed by atoms with Gasteiger partial charge in [0, 0.05) is 6.54 Å². The standard InChI is InChI=1S/C21H20N2O5/c1-26-17-10-9-14(12-19(17)27-2)13-22-20(24)15-6-3-4-7-16(15)23-21(25)18-8-5-11-28-18/h3-12H,13H2,1-2H3,(H,22,24)(H,23,25). The zero-order chi connectivity index (χ0) is 19.9. The van der Waals surface area contributed by atoms with E-state index in [1.807, 2.05) is 6.07 Å². The highest BCUT2D eigenvalue weighted by Gasteiger charge is 2.15. The van der Waals surface area contributed by atoms with Gasteiger partial charge in [-0.25, -0.2) is 0 Å². The van der Waals surface area contributed by atoms with E-state index in [0.717, 1.165) is 5.56 Å². The number of nitrogens with one attached hydrogen (secondary N) is 2. The quantitative estimate of drug-likeness (QED) is 0.655. The molecule has 0 aliphatic carbocycles. The van der Waals surface area contributed by atoms with Crippen molar-refractivity contribution in [3.05, 3.63) is 77.7 Å². The van der Waals surface area contributed by atoms with Crippen LogP contribution in [0.2, 0.25) is 0 Å². The van der Waals surface area contributed by atoms with Crippen LogP contribution in [-0.2, 0) is 6.54 Å². The third kappa shape index (κ3) is 4.32. The zero-order valence-electron chi connectivity index (χ0n) is 15.5. The maximum absolute atomic E-state index is 12.6. The normalized spacial score (nSPS) is 10.2. The Hall–Kier alpha value is -3.74. The summed E-state index contributed by atoms with van der Waals surface area (Å²) in [7, 11) is 3.12. The van der Waals surface area contributed by atoms with Crippen molar-refractivity contribution in [2.24, 2.45) is 0 Å². The van der Waals surface area contributed by atoms with Gasteiger partial charge in [0.15, 0.2) is 17.3 Å². The molecule has 144 valence electrons. The highest BCUT2D eigenvalue weighted by Crippen LogP contribution is 2.27. The first-order chi connectivity index (χ1) is 13.6. The number of hydrogen-bond acceptors (Lipinski definition) is 5. The molecule has 28 heavy (non-hydrogen) atoms. The molecule has 0 saturated heterocycles. The maximum atomic E-state index is 12.6. The van der Waals surface area contributed by atoms with Crippen LogP contribution in [0.3, 0.4) is 0 Å². The Balaban J connectivity index is 1.70. The van der Waals surface area contributed by atoms with Crippen LogP contribution >= 0.6 is 0 Å². The number of hydrogen-bond donors (Lipinski definition) is 2. The molecule has 3 aromatic rings. The Bertz CT molecular complexity index is 967. The van der Waals surface area contributed by atoms with E-state index in [9.17, 15) is 9.59 Å². The molecule has 2 amide bonds. The Morgan fingerprint density at radius 2 is 1.71 bits per heavy atom. The van der Waals surface area contributed by atoms with Crippen molar-refractivity contribution in [1.82, 2.24) is 5.32 Å². The molecule has 0 unspecified atom stereocenters. The van der Waals surface area contributed by atoms with Crippen LogP contribution in [0.4, 0.5) is 5.69 Å². The summed E-state index contributed by atoms with van der Waals surface area (Å²) in [5.41, 5.74) is 1.60. The molecule has 7 nitrogen and oxygen atoms in total. The Morgan fingerprint density at radius 3 is 2.43 bits per heavy atom. The van der Waals surface area contributed by atoms with Crippen molar-refractivity contribution in [1.29, 1.82) is 0 Å². The molecule has 7 heteroatoms. The fourth-order valence-corrected chi connectivity index (χ4v) is 2.65. The Labute approximate surface area is 162 Å². The number of ether oxygens (including phenoxy) is 2.